The quantitative estimate of drug-likeness (QED) is 0.806. The molecule has 0 amide bonds. The lowest BCUT2D eigenvalue weighted by molar-refractivity contribution is 0.355. The van der Waals surface area contributed by atoms with Crippen LogP contribution in [0.15, 0.2) is 47.6 Å². The topological polar surface area (TPSA) is 68.2 Å². The number of aryl methyl sites for hydroxylation is 1. The molecule has 0 bridgehead atoms. The molecule has 0 aliphatic carbocycles. The van der Waals surface area contributed by atoms with Crippen LogP contribution in [0.4, 0.5) is 0 Å². The number of rotatable bonds is 5. The number of hydrogen-bond donors (Lipinski definition) is 0. The monoisotopic (exact) mass is 374 g/mol. The van der Waals surface area contributed by atoms with Gasteiger partial charge in [0.25, 0.3) is 0 Å². The van der Waals surface area contributed by atoms with E-state index in [-0.39, 0.29) is 6.04 Å². The van der Waals surface area contributed by atoms with Crippen molar-refractivity contribution in [3.05, 3.63) is 59.2 Å². The number of methoxy groups -OCH3 is 2. The minimum atomic E-state index is -3.49. The molecule has 0 aromatic heterocycles. The Hall–Kier alpha value is -2.54. The average molecular weight is 374 g/mol. The van der Waals surface area contributed by atoms with Gasteiger partial charge in [0.15, 0.2) is 11.5 Å². The Bertz CT molecular complexity index is 954. The molecule has 7 heteroatoms. The number of nitrogens with zero attached hydrogens (tertiary/aromatic N) is 2. The van der Waals surface area contributed by atoms with Gasteiger partial charge in [-0.2, -0.15) is 9.52 Å². The first kappa shape index (κ1) is 18.3. The van der Waals surface area contributed by atoms with E-state index >= 15 is 0 Å². The predicted octanol–water partition coefficient (Wildman–Crippen LogP) is 3.12. The summed E-state index contributed by atoms with van der Waals surface area (Å²) in [6.07, 6.45) is 1.67. The molecule has 26 heavy (non-hydrogen) atoms. The third-order valence-electron chi connectivity index (χ3n) is 4.36. The summed E-state index contributed by atoms with van der Waals surface area (Å²) in [5.74, 6) is 1.20. The Morgan fingerprint density at radius 2 is 1.81 bits per heavy atom. The van der Waals surface area contributed by atoms with Gasteiger partial charge in [-0.1, -0.05) is 29.8 Å². The number of hydrazone groups is 1. The van der Waals surface area contributed by atoms with Gasteiger partial charge in [0.2, 0.25) is 10.0 Å². The molecule has 0 saturated carbocycles. The standard InChI is InChI=1S/C19H22N2O4S/c1-13-6-5-7-15(10-13)17-12-16(20-21(17)26(4,22)23)14-8-9-18(24-2)19(11-14)25-3/h5-11,17H,12H2,1-4H3/t17-/m0/s1. The zero-order valence-corrected chi connectivity index (χ0v) is 16.1. The van der Waals surface area contributed by atoms with Gasteiger partial charge in [0.1, 0.15) is 0 Å². The van der Waals surface area contributed by atoms with Crippen molar-refractivity contribution in [2.24, 2.45) is 5.10 Å². The van der Waals surface area contributed by atoms with Crippen molar-refractivity contribution in [3.8, 4) is 11.5 Å². The van der Waals surface area contributed by atoms with Crippen LogP contribution in [0.5, 0.6) is 11.5 Å². The van der Waals surface area contributed by atoms with E-state index in [1.807, 2.05) is 43.3 Å². The van der Waals surface area contributed by atoms with Crippen molar-refractivity contribution in [1.82, 2.24) is 4.41 Å². The summed E-state index contributed by atoms with van der Waals surface area (Å²) >= 11 is 0. The number of benzene rings is 2. The fraction of sp³-hybridized carbons (Fsp3) is 0.316. The van der Waals surface area contributed by atoms with Crippen molar-refractivity contribution in [2.45, 2.75) is 19.4 Å². The first-order valence-electron chi connectivity index (χ1n) is 8.19. The molecule has 0 fully saturated rings. The maximum atomic E-state index is 12.3. The molecule has 0 spiro atoms. The van der Waals surface area contributed by atoms with Crippen LogP contribution in [0.1, 0.15) is 29.2 Å². The van der Waals surface area contributed by atoms with Crippen molar-refractivity contribution in [1.29, 1.82) is 0 Å². The van der Waals surface area contributed by atoms with Crippen LogP contribution >= 0.6 is 0 Å². The van der Waals surface area contributed by atoms with Gasteiger partial charge in [-0.3, -0.25) is 0 Å². The van der Waals surface area contributed by atoms with Gasteiger partial charge in [-0.15, -0.1) is 0 Å². The zero-order valence-electron chi connectivity index (χ0n) is 15.3. The van der Waals surface area contributed by atoms with Gasteiger partial charge in [0, 0.05) is 12.0 Å². The lowest BCUT2D eigenvalue weighted by Crippen LogP contribution is -2.25. The molecule has 0 unspecified atom stereocenters. The first-order chi connectivity index (χ1) is 12.3. The SMILES string of the molecule is COc1ccc(C2=NN(S(C)(=O)=O)[C@H](c3cccc(C)c3)C2)cc1OC. The normalized spacial score (nSPS) is 17.2. The second-order valence-corrected chi connectivity index (χ2v) is 8.13. The highest BCUT2D eigenvalue weighted by Crippen LogP contribution is 2.36. The van der Waals surface area contributed by atoms with E-state index in [4.69, 9.17) is 9.47 Å². The summed E-state index contributed by atoms with van der Waals surface area (Å²) in [6, 6.07) is 13.0. The Kier molecular flexibility index (Phi) is 4.91. The molecule has 3 rings (SSSR count). The number of hydrogen-bond acceptors (Lipinski definition) is 5. The van der Waals surface area contributed by atoms with E-state index in [1.165, 1.54) is 10.7 Å². The summed E-state index contributed by atoms with van der Waals surface area (Å²) < 4.78 is 36.4. The fourth-order valence-electron chi connectivity index (χ4n) is 3.11. The lowest BCUT2D eigenvalue weighted by Gasteiger charge is -2.21. The molecule has 6 nitrogen and oxygen atoms in total. The van der Waals surface area contributed by atoms with Crippen molar-refractivity contribution in [3.63, 3.8) is 0 Å². The van der Waals surface area contributed by atoms with Crippen molar-refractivity contribution in [2.75, 3.05) is 20.5 Å². The second-order valence-electron chi connectivity index (χ2n) is 6.29. The molecule has 2 aromatic carbocycles. The van der Waals surface area contributed by atoms with Gasteiger partial charge in [0.05, 0.1) is 32.2 Å². The third kappa shape index (κ3) is 3.53. The first-order valence-corrected chi connectivity index (χ1v) is 10.0. The van der Waals surface area contributed by atoms with Gasteiger partial charge in [-0.25, -0.2) is 8.42 Å². The third-order valence-corrected chi connectivity index (χ3v) is 5.37. The van der Waals surface area contributed by atoms with E-state index in [9.17, 15) is 8.42 Å². The van der Waals surface area contributed by atoms with Crippen LogP contribution < -0.4 is 9.47 Å². The second kappa shape index (κ2) is 6.99. The lowest BCUT2D eigenvalue weighted by atomic mass is 9.98. The van der Waals surface area contributed by atoms with E-state index < -0.39 is 10.0 Å². The molecule has 0 radical (unpaired) electrons. The van der Waals surface area contributed by atoms with Crippen LogP contribution in [0.25, 0.3) is 0 Å². The maximum absolute atomic E-state index is 12.3. The Labute approximate surface area is 154 Å². The Morgan fingerprint density at radius 3 is 2.42 bits per heavy atom. The minimum Gasteiger partial charge on any atom is -0.493 e. The van der Waals surface area contributed by atoms with E-state index in [2.05, 4.69) is 5.10 Å². The summed E-state index contributed by atoms with van der Waals surface area (Å²) in [5.41, 5.74) is 3.51. The van der Waals surface area contributed by atoms with Gasteiger partial charge < -0.3 is 9.47 Å². The number of ether oxygens (including phenoxy) is 2. The molecule has 0 saturated heterocycles. The summed E-state index contributed by atoms with van der Waals surface area (Å²) in [5, 5.41) is 4.41. The highest BCUT2D eigenvalue weighted by Gasteiger charge is 2.34. The molecule has 1 heterocycles. The molecule has 1 atom stereocenters. The largest absolute Gasteiger partial charge is 0.493 e. The smallest absolute Gasteiger partial charge is 0.247 e. The highest BCUT2D eigenvalue weighted by atomic mass is 32.2. The summed E-state index contributed by atoms with van der Waals surface area (Å²) in [6.45, 7) is 1.99. The number of sulfonamides is 1. The average Bonchev–Trinajstić information content (AvgIpc) is 3.07. The van der Waals surface area contributed by atoms with E-state index in [1.54, 1.807) is 20.3 Å². The summed E-state index contributed by atoms with van der Waals surface area (Å²) in [7, 11) is -0.353. The molecular weight excluding hydrogens is 352 g/mol. The molecule has 138 valence electrons. The fourth-order valence-corrected chi connectivity index (χ4v) is 4.02. The molecule has 1 aliphatic heterocycles. The van der Waals surface area contributed by atoms with Crippen LogP contribution in [0.2, 0.25) is 0 Å². The highest BCUT2D eigenvalue weighted by molar-refractivity contribution is 7.88. The Balaban J connectivity index is 2.02. The Morgan fingerprint density at radius 1 is 1.08 bits per heavy atom. The van der Waals surface area contributed by atoms with E-state index in [0.29, 0.717) is 23.6 Å². The molecule has 1 aliphatic rings. The molecule has 2 aromatic rings. The van der Waals surface area contributed by atoms with Crippen molar-refractivity contribution < 1.29 is 17.9 Å². The van der Waals surface area contributed by atoms with Crippen molar-refractivity contribution >= 4 is 15.7 Å². The zero-order chi connectivity index (χ0) is 18.9. The maximum Gasteiger partial charge on any atom is 0.247 e. The van der Waals surface area contributed by atoms with Crippen LogP contribution in [-0.4, -0.2) is 39.0 Å². The van der Waals surface area contributed by atoms with Crippen LogP contribution in [0, 0.1) is 6.92 Å². The summed E-state index contributed by atoms with van der Waals surface area (Å²) in [4.78, 5) is 0. The van der Waals surface area contributed by atoms with Crippen LogP contribution in [-0.2, 0) is 10.0 Å². The van der Waals surface area contributed by atoms with Gasteiger partial charge >= 0.3 is 0 Å². The molecular formula is C19H22N2O4S. The van der Waals surface area contributed by atoms with Crippen LogP contribution in [0.3, 0.4) is 0 Å². The molecule has 0 N–H and O–H groups in total. The van der Waals surface area contributed by atoms with Gasteiger partial charge in [-0.05, 0) is 30.7 Å². The van der Waals surface area contributed by atoms with E-state index in [0.717, 1.165) is 16.7 Å². The minimum absolute atomic E-state index is 0.354. The predicted molar refractivity (Wildman–Crippen MR) is 101 cm³/mol.